The SMILES string of the molecule is CC(C)(C)c1ccc(C(=O)NC(=S)NC2CCN(Cc3ccccc3)CC2)cc1. The van der Waals surface area contributed by atoms with E-state index in [0.717, 1.165) is 32.5 Å². The first-order valence-electron chi connectivity index (χ1n) is 10.3. The molecule has 2 aromatic rings. The number of benzene rings is 2. The number of nitrogens with one attached hydrogen (secondary N) is 2. The smallest absolute Gasteiger partial charge is 0.257 e. The van der Waals surface area contributed by atoms with Crippen LogP contribution >= 0.6 is 12.2 Å². The normalized spacial score (nSPS) is 15.7. The van der Waals surface area contributed by atoms with Crippen molar-refractivity contribution in [2.24, 2.45) is 0 Å². The Morgan fingerprint density at radius 1 is 1.03 bits per heavy atom. The van der Waals surface area contributed by atoms with E-state index in [2.05, 4.69) is 60.6 Å². The van der Waals surface area contributed by atoms with E-state index in [1.54, 1.807) is 0 Å². The summed E-state index contributed by atoms with van der Waals surface area (Å²) < 4.78 is 0. The van der Waals surface area contributed by atoms with Crippen molar-refractivity contribution >= 4 is 23.2 Å². The second kappa shape index (κ2) is 9.51. The lowest BCUT2D eigenvalue weighted by molar-refractivity contribution is 0.0976. The fourth-order valence-corrected chi connectivity index (χ4v) is 3.85. The molecule has 2 aromatic carbocycles. The summed E-state index contributed by atoms with van der Waals surface area (Å²) in [6.07, 6.45) is 2.03. The first-order valence-corrected chi connectivity index (χ1v) is 10.7. The molecule has 0 radical (unpaired) electrons. The van der Waals surface area contributed by atoms with E-state index in [1.807, 2.05) is 30.3 Å². The van der Waals surface area contributed by atoms with Crippen LogP contribution in [0, 0.1) is 0 Å². The molecule has 1 amide bonds. The lowest BCUT2D eigenvalue weighted by Crippen LogP contribution is -2.48. The molecule has 0 bridgehead atoms. The molecule has 1 saturated heterocycles. The van der Waals surface area contributed by atoms with Gasteiger partial charge < -0.3 is 5.32 Å². The largest absolute Gasteiger partial charge is 0.360 e. The van der Waals surface area contributed by atoms with Crippen LogP contribution in [0.3, 0.4) is 0 Å². The van der Waals surface area contributed by atoms with Crippen LogP contribution in [0.4, 0.5) is 0 Å². The van der Waals surface area contributed by atoms with Crippen LogP contribution in [-0.2, 0) is 12.0 Å². The number of piperidine rings is 1. The van der Waals surface area contributed by atoms with Crippen LogP contribution in [0.25, 0.3) is 0 Å². The maximum atomic E-state index is 12.5. The first-order chi connectivity index (χ1) is 13.8. The summed E-state index contributed by atoms with van der Waals surface area (Å²) in [7, 11) is 0. The van der Waals surface area contributed by atoms with E-state index >= 15 is 0 Å². The molecule has 1 heterocycles. The third-order valence-corrected chi connectivity index (χ3v) is 5.63. The number of amides is 1. The highest BCUT2D eigenvalue weighted by Crippen LogP contribution is 2.22. The number of carbonyl (C=O) groups is 1. The Morgan fingerprint density at radius 3 is 2.24 bits per heavy atom. The minimum atomic E-state index is -0.163. The van der Waals surface area contributed by atoms with Gasteiger partial charge in [-0.2, -0.15) is 0 Å². The van der Waals surface area contributed by atoms with Crippen molar-refractivity contribution in [3.8, 4) is 0 Å². The zero-order valence-electron chi connectivity index (χ0n) is 17.6. The zero-order valence-corrected chi connectivity index (χ0v) is 18.4. The Bertz CT molecular complexity index is 819. The molecule has 2 N–H and O–H groups in total. The molecule has 0 aromatic heterocycles. The van der Waals surface area contributed by atoms with Gasteiger partial charge in [-0.3, -0.25) is 15.0 Å². The average Bonchev–Trinajstić information content (AvgIpc) is 2.69. The van der Waals surface area contributed by atoms with Gasteiger partial charge in [0.1, 0.15) is 0 Å². The number of thiocarbonyl (C=S) groups is 1. The molecule has 154 valence electrons. The van der Waals surface area contributed by atoms with Crippen LogP contribution < -0.4 is 10.6 Å². The third-order valence-electron chi connectivity index (χ3n) is 5.41. The van der Waals surface area contributed by atoms with Crippen molar-refractivity contribution in [1.82, 2.24) is 15.5 Å². The van der Waals surface area contributed by atoms with E-state index in [4.69, 9.17) is 12.2 Å². The Labute approximate surface area is 179 Å². The highest BCUT2D eigenvalue weighted by Gasteiger charge is 2.20. The Morgan fingerprint density at radius 2 is 1.66 bits per heavy atom. The molecule has 0 aliphatic carbocycles. The fourth-order valence-electron chi connectivity index (χ4n) is 3.60. The van der Waals surface area contributed by atoms with E-state index in [0.29, 0.717) is 16.7 Å². The molecule has 0 spiro atoms. The summed E-state index contributed by atoms with van der Waals surface area (Å²) in [4.78, 5) is 14.9. The maximum Gasteiger partial charge on any atom is 0.257 e. The van der Waals surface area contributed by atoms with E-state index in [9.17, 15) is 4.79 Å². The number of rotatable bonds is 4. The molecule has 3 rings (SSSR count). The number of likely N-dealkylation sites (tertiary alicyclic amines) is 1. The van der Waals surface area contributed by atoms with E-state index in [1.165, 1.54) is 11.1 Å². The number of hydrogen-bond acceptors (Lipinski definition) is 3. The van der Waals surface area contributed by atoms with E-state index in [-0.39, 0.29) is 11.3 Å². The Kier molecular flexibility index (Phi) is 7.04. The second-order valence-electron chi connectivity index (χ2n) is 8.79. The van der Waals surface area contributed by atoms with Gasteiger partial charge in [-0.05, 0) is 53.7 Å². The van der Waals surface area contributed by atoms with Gasteiger partial charge in [-0.15, -0.1) is 0 Å². The van der Waals surface area contributed by atoms with Crippen LogP contribution in [0.2, 0.25) is 0 Å². The van der Waals surface area contributed by atoms with Crippen molar-refractivity contribution in [1.29, 1.82) is 0 Å². The summed E-state index contributed by atoms with van der Waals surface area (Å²) >= 11 is 5.37. The van der Waals surface area contributed by atoms with Gasteiger partial charge in [0.25, 0.3) is 5.91 Å². The molecular weight excluding hydrogens is 378 g/mol. The van der Waals surface area contributed by atoms with Gasteiger partial charge in [-0.25, -0.2) is 0 Å². The van der Waals surface area contributed by atoms with Gasteiger partial charge >= 0.3 is 0 Å². The molecule has 0 unspecified atom stereocenters. The molecule has 0 atom stereocenters. The third kappa shape index (κ3) is 6.38. The Hall–Kier alpha value is -2.24. The minimum Gasteiger partial charge on any atom is -0.360 e. The standard InChI is InChI=1S/C24H31N3OS/c1-24(2,3)20-11-9-19(10-12-20)22(28)26-23(29)25-21-13-15-27(16-14-21)17-18-7-5-4-6-8-18/h4-12,21H,13-17H2,1-3H3,(H2,25,26,28,29). The van der Waals surface area contributed by atoms with Gasteiger partial charge in [-0.1, -0.05) is 63.2 Å². The van der Waals surface area contributed by atoms with Crippen molar-refractivity contribution in [3.05, 3.63) is 71.3 Å². The van der Waals surface area contributed by atoms with Crippen molar-refractivity contribution in [2.75, 3.05) is 13.1 Å². The van der Waals surface area contributed by atoms with Gasteiger partial charge in [0.05, 0.1) is 0 Å². The molecule has 1 fully saturated rings. The monoisotopic (exact) mass is 409 g/mol. The molecule has 0 saturated carbocycles. The molecular formula is C24H31N3OS. The maximum absolute atomic E-state index is 12.5. The first kappa shape index (κ1) is 21.5. The Balaban J connectivity index is 1.43. The van der Waals surface area contributed by atoms with Crippen LogP contribution in [0.5, 0.6) is 0 Å². The van der Waals surface area contributed by atoms with Gasteiger partial charge in [0, 0.05) is 31.2 Å². The quantitative estimate of drug-likeness (QED) is 0.741. The molecule has 1 aliphatic rings. The summed E-state index contributed by atoms with van der Waals surface area (Å²) in [6.45, 7) is 9.51. The topological polar surface area (TPSA) is 44.4 Å². The van der Waals surface area contributed by atoms with Gasteiger partial charge in [0.2, 0.25) is 0 Å². The number of hydrogen-bond donors (Lipinski definition) is 2. The molecule has 29 heavy (non-hydrogen) atoms. The van der Waals surface area contributed by atoms with Crippen molar-refractivity contribution in [3.63, 3.8) is 0 Å². The van der Waals surface area contributed by atoms with Gasteiger partial charge in [0.15, 0.2) is 5.11 Å². The highest BCUT2D eigenvalue weighted by molar-refractivity contribution is 7.80. The van der Waals surface area contributed by atoms with E-state index < -0.39 is 0 Å². The number of carbonyl (C=O) groups excluding carboxylic acids is 1. The van der Waals surface area contributed by atoms with Crippen molar-refractivity contribution in [2.45, 2.75) is 51.6 Å². The fraction of sp³-hybridized carbons (Fsp3) is 0.417. The summed E-state index contributed by atoms with van der Waals surface area (Å²) in [5.41, 5.74) is 3.25. The van der Waals surface area contributed by atoms with Crippen molar-refractivity contribution < 1.29 is 4.79 Å². The lowest BCUT2D eigenvalue weighted by Gasteiger charge is -2.32. The second-order valence-corrected chi connectivity index (χ2v) is 9.20. The van der Waals surface area contributed by atoms with Crippen LogP contribution in [0.15, 0.2) is 54.6 Å². The zero-order chi connectivity index (χ0) is 20.9. The lowest BCUT2D eigenvalue weighted by atomic mass is 9.87. The predicted octanol–water partition coefficient (Wildman–Crippen LogP) is 4.25. The summed E-state index contributed by atoms with van der Waals surface area (Å²) in [5, 5.41) is 6.55. The summed E-state index contributed by atoms with van der Waals surface area (Å²) in [5.74, 6) is -0.163. The predicted molar refractivity (Wildman–Crippen MR) is 123 cm³/mol. The van der Waals surface area contributed by atoms with Crippen LogP contribution in [-0.4, -0.2) is 35.1 Å². The minimum absolute atomic E-state index is 0.0707. The highest BCUT2D eigenvalue weighted by atomic mass is 32.1. The molecule has 4 nitrogen and oxygen atoms in total. The number of nitrogens with zero attached hydrogens (tertiary/aromatic N) is 1. The average molecular weight is 410 g/mol. The molecule has 1 aliphatic heterocycles. The molecule has 5 heteroatoms. The van der Waals surface area contributed by atoms with Crippen LogP contribution in [0.1, 0.15) is 55.1 Å². The summed E-state index contributed by atoms with van der Waals surface area (Å²) in [6, 6.07) is 18.6.